The third-order valence-corrected chi connectivity index (χ3v) is 5.53. The summed E-state index contributed by atoms with van der Waals surface area (Å²) in [6, 6.07) is 13.8. The highest BCUT2D eigenvalue weighted by atomic mass is 35.5. The van der Waals surface area contributed by atoms with Crippen molar-refractivity contribution >= 4 is 28.2 Å². The van der Waals surface area contributed by atoms with Crippen molar-refractivity contribution in [2.24, 2.45) is 0 Å². The quantitative estimate of drug-likeness (QED) is 0.691. The minimum absolute atomic E-state index is 0.794. The molecule has 1 aliphatic heterocycles. The Balaban J connectivity index is 1.45. The summed E-state index contributed by atoms with van der Waals surface area (Å²) in [6.07, 6.45) is 5.36. The number of nitrogens with one attached hydrogen (secondary N) is 1. The van der Waals surface area contributed by atoms with Gasteiger partial charge in [-0.25, -0.2) is 0 Å². The molecule has 26 heavy (non-hydrogen) atoms. The van der Waals surface area contributed by atoms with Gasteiger partial charge in [0.15, 0.2) is 0 Å². The lowest BCUT2D eigenvalue weighted by Gasteiger charge is -2.30. The SMILES string of the molecule is Cc1c(N2CCOCC2)[c]ccc1CCCc1c[nH]c2ccc(Cl)cc12. The Labute approximate surface area is 159 Å². The summed E-state index contributed by atoms with van der Waals surface area (Å²) in [4.78, 5) is 5.74. The van der Waals surface area contributed by atoms with Crippen LogP contribution in [0.4, 0.5) is 5.69 Å². The van der Waals surface area contributed by atoms with Crippen molar-refractivity contribution in [3.8, 4) is 0 Å². The Hall–Kier alpha value is -1.97. The van der Waals surface area contributed by atoms with Crippen LogP contribution in [0.2, 0.25) is 5.02 Å². The van der Waals surface area contributed by atoms with Gasteiger partial charge < -0.3 is 14.6 Å². The molecule has 1 aromatic heterocycles. The van der Waals surface area contributed by atoms with Gasteiger partial charge in [0.05, 0.1) is 13.2 Å². The van der Waals surface area contributed by atoms with Crippen LogP contribution < -0.4 is 4.90 Å². The molecule has 1 aliphatic rings. The molecule has 4 rings (SSSR count). The van der Waals surface area contributed by atoms with Crippen LogP contribution in [0.15, 0.2) is 36.5 Å². The van der Waals surface area contributed by atoms with Crippen LogP contribution in [-0.4, -0.2) is 31.3 Å². The summed E-state index contributed by atoms with van der Waals surface area (Å²) in [5.74, 6) is 0. The molecule has 4 heteroatoms. The van der Waals surface area contributed by atoms with Crippen molar-refractivity contribution < 1.29 is 4.74 Å². The fourth-order valence-corrected chi connectivity index (χ4v) is 3.99. The molecule has 3 nitrogen and oxygen atoms in total. The molecule has 0 atom stereocenters. The number of morpholine rings is 1. The molecule has 2 heterocycles. The van der Waals surface area contributed by atoms with Gasteiger partial charge in [-0.3, -0.25) is 0 Å². The van der Waals surface area contributed by atoms with Crippen LogP contribution >= 0.6 is 11.6 Å². The predicted molar refractivity (Wildman–Crippen MR) is 108 cm³/mol. The summed E-state index contributed by atoms with van der Waals surface area (Å²) in [7, 11) is 0. The zero-order valence-electron chi connectivity index (χ0n) is 15.1. The van der Waals surface area contributed by atoms with Gasteiger partial charge in [0, 0.05) is 47.0 Å². The Morgan fingerprint density at radius 2 is 1.96 bits per heavy atom. The van der Waals surface area contributed by atoms with E-state index < -0.39 is 0 Å². The maximum absolute atomic E-state index is 6.16. The maximum Gasteiger partial charge on any atom is 0.0642 e. The summed E-state index contributed by atoms with van der Waals surface area (Å²) < 4.78 is 5.47. The first-order valence-electron chi connectivity index (χ1n) is 9.31. The van der Waals surface area contributed by atoms with Gasteiger partial charge in [0.25, 0.3) is 0 Å². The summed E-state index contributed by atoms with van der Waals surface area (Å²) in [5, 5.41) is 2.03. The third-order valence-electron chi connectivity index (χ3n) is 5.29. The lowest BCUT2D eigenvalue weighted by Crippen LogP contribution is -2.36. The molecule has 0 bridgehead atoms. The first-order valence-corrected chi connectivity index (χ1v) is 9.68. The van der Waals surface area contributed by atoms with Crippen LogP contribution in [0.3, 0.4) is 0 Å². The number of fused-ring (bicyclic) bond motifs is 1. The number of hydrogen-bond donors (Lipinski definition) is 1. The molecule has 1 N–H and O–H groups in total. The lowest BCUT2D eigenvalue weighted by atomic mass is 9.98. The van der Waals surface area contributed by atoms with E-state index in [-0.39, 0.29) is 0 Å². The van der Waals surface area contributed by atoms with Crippen molar-refractivity contribution in [2.75, 3.05) is 31.2 Å². The van der Waals surface area contributed by atoms with E-state index in [0.29, 0.717) is 0 Å². The van der Waals surface area contributed by atoms with E-state index in [0.717, 1.165) is 56.1 Å². The van der Waals surface area contributed by atoms with Crippen molar-refractivity contribution in [2.45, 2.75) is 26.2 Å². The van der Waals surface area contributed by atoms with Gasteiger partial charge in [-0.2, -0.15) is 0 Å². The molecule has 1 saturated heterocycles. The van der Waals surface area contributed by atoms with Gasteiger partial charge in [-0.15, -0.1) is 0 Å². The molecule has 0 aliphatic carbocycles. The minimum Gasteiger partial charge on any atom is -0.378 e. The van der Waals surface area contributed by atoms with Crippen LogP contribution in [0.5, 0.6) is 0 Å². The highest BCUT2D eigenvalue weighted by molar-refractivity contribution is 6.31. The molecule has 0 unspecified atom stereocenters. The molecular formula is C22H24ClN2O. The second-order valence-corrected chi connectivity index (χ2v) is 7.37. The number of aromatic nitrogens is 1. The predicted octanol–water partition coefficient (Wildman–Crippen LogP) is 4.94. The van der Waals surface area contributed by atoms with Crippen molar-refractivity contribution in [3.05, 3.63) is 64.3 Å². The number of hydrogen-bond acceptors (Lipinski definition) is 2. The topological polar surface area (TPSA) is 28.3 Å². The van der Waals surface area contributed by atoms with E-state index in [9.17, 15) is 0 Å². The third kappa shape index (κ3) is 3.60. The average molecular weight is 368 g/mol. The lowest BCUT2D eigenvalue weighted by molar-refractivity contribution is 0.122. The molecular weight excluding hydrogens is 344 g/mol. The van der Waals surface area contributed by atoms with E-state index in [1.54, 1.807) is 0 Å². The number of ether oxygens (including phenoxy) is 1. The molecule has 1 fully saturated rings. The fraction of sp³-hybridized carbons (Fsp3) is 0.364. The van der Waals surface area contributed by atoms with Gasteiger partial charge in [-0.1, -0.05) is 23.7 Å². The zero-order valence-corrected chi connectivity index (χ0v) is 15.9. The number of aromatic amines is 1. The number of nitrogens with zero attached hydrogens (tertiary/aromatic N) is 1. The summed E-state index contributed by atoms with van der Waals surface area (Å²) in [5.41, 5.74) is 6.52. The van der Waals surface area contributed by atoms with Gasteiger partial charge >= 0.3 is 0 Å². The molecule has 3 aromatic rings. The number of rotatable bonds is 5. The molecule has 135 valence electrons. The van der Waals surface area contributed by atoms with Crippen molar-refractivity contribution in [1.29, 1.82) is 0 Å². The monoisotopic (exact) mass is 367 g/mol. The number of anilines is 1. The van der Waals surface area contributed by atoms with Crippen LogP contribution in [-0.2, 0) is 17.6 Å². The highest BCUT2D eigenvalue weighted by Crippen LogP contribution is 2.26. The molecule has 2 aromatic carbocycles. The van der Waals surface area contributed by atoms with E-state index in [4.69, 9.17) is 16.3 Å². The van der Waals surface area contributed by atoms with Gasteiger partial charge in [-0.05, 0) is 61.1 Å². The largest absolute Gasteiger partial charge is 0.378 e. The average Bonchev–Trinajstić information content (AvgIpc) is 3.06. The molecule has 0 spiro atoms. The molecule has 0 saturated carbocycles. The summed E-state index contributed by atoms with van der Waals surface area (Å²) in [6.45, 7) is 5.75. The Bertz CT molecular complexity index is 896. The van der Waals surface area contributed by atoms with Gasteiger partial charge in [0.1, 0.15) is 0 Å². The van der Waals surface area contributed by atoms with Crippen molar-refractivity contribution in [3.63, 3.8) is 0 Å². The molecule has 1 radical (unpaired) electrons. The highest BCUT2D eigenvalue weighted by Gasteiger charge is 2.15. The Morgan fingerprint density at radius 3 is 2.81 bits per heavy atom. The second-order valence-electron chi connectivity index (χ2n) is 6.93. The minimum atomic E-state index is 0.794. The van der Waals surface area contributed by atoms with Crippen molar-refractivity contribution in [1.82, 2.24) is 4.98 Å². The number of H-pyrrole nitrogens is 1. The van der Waals surface area contributed by atoms with E-state index in [2.05, 4.69) is 47.3 Å². The van der Waals surface area contributed by atoms with Crippen LogP contribution in [0.25, 0.3) is 10.9 Å². The first kappa shape index (κ1) is 17.4. The Kier molecular flexibility index (Phi) is 5.18. The zero-order chi connectivity index (χ0) is 17.9. The molecule has 0 amide bonds. The Morgan fingerprint density at radius 1 is 1.15 bits per heavy atom. The summed E-state index contributed by atoms with van der Waals surface area (Å²) >= 11 is 6.16. The first-order chi connectivity index (χ1) is 12.7. The van der Waals surface area contributed by atoms with Crippen LogP contribution in [0.1, 0.15) is 23.1 Å². The van der Waals surface area contributed by atoms with Crippen LogP contribution in [0, 0.1) is 13.0 Å². The van der Waals surface area contributed by atoms with Gasteiger partial charge in [0.2, 0.25) is 0 Å². The maximum atomic E-state index is 6.16. The smallest absolute Gasteiger partial charge is 0.0642 e. The number of aryl methyl sites for hydroxylation is 2. The normalized spacial score (nSPS) is 14.9. The van der Waals surface area contributed by atoms with E-state index in [1.165, 1.54) is 27.8 Å². The fourth-order valence-electron chi connectivity index (χ4n) is 3.82. The number of halogens is 1. The van der Waals surface area contributed by atoms with E-state index in [1.807, 2.05) is 12.1 Å². The standard InChI is InChI=1S/C22H24ClN2O/c1-16-17(5-3-7-22(16)25-10-12-26-13-11-25)4-2-6-18-15-24-21-9-8-19(23)14-20(18)21/h3,5,8-9,14-15,24H,2,4,6,10-13H2,1H3. The number of benzene rings is 2. The second kappa shape index (κ2) is 7.73. The van der Waals surface area contributed by atoms with E-state index >= 15 is 0 Å².